The van der Waals surface area contributed by atoms with E-state index in [1.165, 1.54) is 45.9 Å². The second kappa shape index (κ2) is 7.13. The lowest BCUT2D eigenvalue weighted by Crippen LogP contribution is -3.01. The molecule has 142 valence electrons. The van der Waals surface area contributed by atoms with Gasteiger partial charge in [0.15, 0.2) is 10.3 Å². The zero-order valence-corrected chi connectivity index (χ0v) is 15.8. The lowest BCUT2D eigenvalue weighted by Gasteiger charge is -2.26. The van der Waals surface area contributed by atoms with Gasteiger partial charge in [0.05, 0.1) is 12.1 Å². The molecule has 27 heavy (non-hydrogen) atoms. The topological polar surface area (TPSA) is 63.6 Å². The Morgan fingerprint density at radius 1 is 1.30 bits per heavy atom. The van der Waals surface area contributed by atoms with Crippen molar-refractivity contribution in [1.82, 2.24) is 4.90 Å². The molecule has 12 heteroatoms. The van der Waals surface area contributed by atoms with E-state index in [9.17, 15) is 18.0 Å². The highest BCUT2D eigenvalue weighted by Gasteiger charge is 2.47. The molecule has 6 nitrogen and oxygen atoms in total. The van der Waals surface area contributed by atoms with Gasteiger partial charge in [-0.2, -0.15) is 18.2 Å². The molecule has 4 rings (SSSR count). The molecule has 1 aromatic carbocycles. The van der Waals surface area contributed by atoms with Crippen LogP contribution in [0.5, 0.6) is 0 Å². The number of halogens is 4. The number of nitrogens with zero attached hydrogens (tertiary/aromatic N) is 4. The number of aliphatic imine (C=N–C) groups is 2. The first kappa shape index (κ1) is 18.8. The fraction of sp³-hybridized carbons (Fsp3) is 0.267. The van der Waals surface area contributed by atoms with Crippen LogP contribution in [0.3, 0.4) is 0 Å². The number of amidine groups is 2. The van der Waals surface area contributed by atoms with Crippen molar-refractivity contribution in [3.63, 3.8) is 0 Å². The Bertz CT molecular complexity index is 884. The molecule has 1 amide bonds. The Balaban J connectivity index is 1.68. The van der Waals surface area contributed by atoms with Crippen LogP contribution in [0.2, 0.25) is 5.02 Å². The Labute approximate surface area is 164 Å². The van der Waals surface area contributed by atoms with E-state index < -0.39 is 23.4 Å². The average molecular weight is 434 g/mol. The fourth-order valence-electron chi connectivity index (χ4n) is 2.81. The molecule has 1 unspecified atom stereocenters. The van der Waals surface area contributed by atoms with Crippen molar-refractivity contribution in [1.29, 1.82) is 0 Å². The van der Waals surface area contributed by atoms with Gasteiger partial charge in [0.25, 0.3) is 5.91 Å². The number of carbonyl (C=O) groups excluding carboxylic acids is 1. The SMILES string of the molecule is O=C(N=C1SSC2=NCCN21)C1=C(C(F)(F)F)[NH+](c2ccc(Cl)cc2)[N-]C1. The second-order valence-electron chi connectivity index (χ2n) is 5.71. The standard InChI is InChI=1S/C15H11ClF3N5OS2/c16-8-1-3-9(4-2-8)24-11(15(17,18)19)10(7-21-24)12(25)22-14-23-6-5-20-13(23)26-27-14/h1-4,24H,5-7H2. The minimum Gasteiger partial charge on any atom is -0.439 e. The molecule has 0 radical (unpaired) electrons. The van der Waals surface area contributed by atoms with Gasteiger partial charge in [-0.3, -0.25) is 14.7 Å². The molecule has 0 bridgehead atoms. The van der Waals surface area contributed by atoms with Crippen molar-refractivity contribution in [2.24, 2.45) is 9.98 Å². The molecule has 0 spiro atoms. The number of carbonyl (C=O) groups is 1. The van der Waals surface area contributed by atoms with Gasteiger partial charge in [-0.05, 0) is 33.7 Å². The lowest BCUT2D eigenvalue weighted by molar-refractivity contribution is -0.755. The third-order valence-corrected chi connectivity index (χ3v) is 6.45. The minimum absolute atomic E-state index is 0.252. The maximum atomic E-state index is 13.7. The zero-order chi connectivity index (χ0) is 19.2. The van der Waals surface area contributed by atoms with E-state index in [0.29, 0.717) is 23.3 Å². The number of allylic oxidation sites excluding steroid dienone is 1. The van der Waals surface area contributed by atoms with Gasteiger partial charge in [-0.15, -0.1) is 0 Å². The molecule has 1 saturated heterocycles. The van der Waals surface area contributed by atoms with E-state index in [1.807, 2.05) is 0 Å². The molecule has 1 atom stereocenters. The molecule has 1 aromatic rings. The van der Waals surface area contributed by atoms with Gasteiger partial charge in [0.2, 0.25) is 5.70 Å². The van der Waals surface area contributed by atoms with Crippen LogP contribution < -0.4 is 5.01 Å². The molecule has 0 aliphatic carbocycles. The van der Waals surface area contributed by atoms with Crippen molar-refractivity contribution in [2.45, 2.75) is 6.18 Å². The van der Waals surface area contributed by atoms with Crippen LogP contribution in [0.15, 0.2) is 45.5 Å². The number of hydrogen-bond donors (Lipinski definition) is 1. The number of fused-ring (bicyclic) bond motifs is 1. The molecular weight excluding hydrogens is 423 g/mol. The number of rotatable bonds is 2. The summed E-state index contributed by atoms with van der Waals surface area (Å²) in [6.07, 6.45) is -4.72. The molecular formula is C15H11ClF3N5OS2. The van der Waals surface area contributed by atoms with E-state index in [1.54, 1.807) is 4.90 Å². The predicted molar refractivity (Wildman–Crippen MR) is 100 cm³/mol. The van der Waals surface area contributed by atoms with E-state index in [-0.39, 0.29) is 17.2 Å². The van der Waals surface area contributed by atoms with Crippen LogP contribution in [-0.2, 0) is 4.79 Å². The zero-order valence-electron chi connectivity index (χ0n) is 13.5. The molecule has 0 saturated carbocycles. The van der Waals surface area contributed by atoms with Gasteiger partial charge in [-0.25, -0.2) is 0 Å². The third kappa shape index (κ3) is 3.61. The first-order chi connectivity index (χ1) is 12.8. The van der Waals surface area contributed by atoms with Gasteiger partial charge in [0.1, 0.15) is 5.69 Å². The molecule has 3 heterocycles. The molecule has 0 aromatic heterocycles. The molecule has 3 aliphatic heterocycles. The maximum Gasteiger partial charge on any atom is 0.467 e. The first-order valence-corrected chi connectivity index (χ1v) is 10.3. The average Bonchev–Trinajstić information content (AvgIpc) is 3.31. The summed E-state index contributed by atoms with van der Waals surface area (Å²) >= 11 is 5.80. The number of quaternary nitrogens is 1. The van der Waals surface area contributed by atoms with Crippen molar-refractivity contribution < 1.29 is 23.0 Å². The summed E-state index contributed by atoms with van der Waals surface area (Å²) in [5.74, 6) is -0.925. The minimum atomic E-state index is -4.72. The van der Waals surface area contributed by atoms with Gasteiger partial charge >= 0.3 is 6.18 Å². The highest BCUT2D eigenvalue weighted by Crippen LogP contribution is 2.38. The third-order valence-electron chi connectivity index (χ3n) is 4.01. The largest absolute Gasteiger partial charge is 0.467 e. The van der Waals surface area contributed by atoms with Crippen molar-refractivity contribution in [2.75, 3.05) is 19.6 Å². The van der Waals surface area contributed by atoms with E-state index in [4.69, 9.17) is 11.6 Å². The first-order valence-electron chi connectivity index (χ1n) is 7.75. The Morgan fingerprint density at radius 3 is 2.74 bits per heavy atom. The molecule has 1 N–H and O–H groups in total. The highest BCUT2D eigenvalue weighted by molar-refractivity contribution is 8.88. The number of amides is 1. The number of hydrogen-bond acceptors (Lipinski definition) is 4. The summed E-state index contributed by atoms with van der Waals surface area (Å²) in [6, 6.07) is 5.85. The van der Waals surface area contributed by atoms with Crippen LogP contribution in [-0.4, -0.2) is 47.0 Å². The van der Waals surface area contributed by atoms with Crippen LogP contribution in [0, 0.1) is 0 Å². The van der Waals surface area contributed by atoms with Crippen molar-refractivity contribution in [3.05, 3.63) is 46.0 Å². The summed E-state index contributed by atoms with van der Waals surface area (Å²) in [5.41, 5.74) is 2.73. The fourth-order valence-corrected chi connectivity index (χ4v) is 5.20. The van der Waals surface area contributed by atoms with Crippen LogP contribution >= 0.6 is 33.2 Å². The summed E-state index contributed by atoms with van der Waals surface area (Å²) in [5, 5.41) is 1.22. The normalized spacial score (nSPS) is 24.0. The smallest absolute Gasteiger partial charge is 0.439 e. The van der Waals surface area contributed by atoms with E-state index in [2.05, 4.69) is 15.4 Å². The molecule has 1 fully saturated rings. The van der Waals surface area contributed by atoms with Crippen LogP contribution in [0.25, 0.3) is 5.43 Å². The quantitative estimate of drug-likeness (QED) is 0.728. The summed E-state index contributed by atoms with van der Waals surface area (Å²) < 4.78 is 41.1. The number of benzene rings is 1. The summed E-state index contributed by atoms with van der Waals surface area (Å²) in [6.45, 7) is 0.788. The van der Waals surface area contributed by atoms with Gasteiger partial charge < -0.3 is 10.4 Å². The highest BCUT2D eigenvalue weighted by atomic mass is 35.5. The van der Waals surface area contributed by atoms with E-state index >= 15 is 0 Å². The maximum absolute atomic E-state index is 13.7. The van der Waals surface area contributed by atoms with Crippen LogP contribution in [0.1, 0.15) is 0 Å². The number of alkyl halides is 3. The van der Waals surface area contributed by atoms with Crippen LogP contribution in [0.4, 0.5) is 18.9 Å². The lowest BCUT2D eigenvalue weighted by atomic mass is 10.2. The van der Waals surface area contributed by atoms with Gasteiger partial charge in [-0.1, -0.05) is 18.1 Å². The Hall–Kier alpha value is -1.53. The van der Waals surface area contributed by atoms with Crippen molar-refractivity contribution in [3.8, 4) is 0 Å². The predicted octanol–water partition coefficient (Wildman–Crippen LogP) is 2.92. The van der Waals surface area contributed by atoms with Crippen molar-refractivity contribution >= 4 is 55.1 Å². The monoisotopic (exact) mass is 433 g/mol. The molecule has 3 aliphatic rings. The summed E-state index contributed by atoms with van der Waals surface area (Å²) in [4.78, 5) is 22.4. The number of nitrogens with one attached hydrogen (secondary N) is 1. The Kier molecular flexibility index (Phi) is 4.97. The van der Waals surface area contributed by atoms with Gasteiger partial charge in [0, 0.05) is 23.7 Å². The Morgan fingerprint density at radius 2 is 2.04 bits per heavy atom. The van der Waals surface area contributed by atoms with E-state index in [0.717, 1.165) is 5.17 Å². The summed E-state index contributed by atoms with van der Waals surface area (Å²) in [7, 11) is 2.55. The second-order valence-corrected chi connectivity index (χ2v) is 8.21.